The van der Waals surface area contributed by atoms with Crippen LogP contribution in [-0.4, -0.2) is 64.0 Å². The van der Waals surface area contributed by atoms with Crippen LogP contribution in [-0.2, 0) is 6.54 Å². The van der Waals surface area contributed by atoms with Crippen LogP contribution in [0.25, 0.3) is 5.65 Å². The van der Waals surface area contributed by atoms with Gasteiger partial charge in [-0.2, -0.15) is 0 Å². The van der Waals surface area contributed by atoms with Gasteiger partial charge in [-0.15, -0.1) is 10.2 Å². The lowest BCUT2D eigenvalue weighted by Crippen LogP contribution is -2.45. The van der Waals surface area contributed by atoms with E-state index in [1.165, 1.54) is 0 Å². The van der Waals surface area contributed by atoms with Crippen molar-refractivity contribution in [1.29, 1.82) is 0 Å². The lowest BCUT2D eigenvalue weighted by Gasteiger charge is -2.36. The first kappa shape index (κ1) is 17.7. The Morgan fingerprint density at radius 1 is 1.22 bits per heavy atom. The molecule has 1 aliphatic heterocycles. The number of aromatic nitrogens is 3. The van der Waals surface area contributed by atoms with E-state index in [1.807, 2.05) is 35.7 Å². The second kappa shape index (κ2) is 7.13. The zero-order valence-corrected chi connectivity index (χ0v) is 15.8. The van der Waals surface area contributed by atoms with E-state index in [1.54, 1.807) is 6.07 Å². The lowest BCUT2D eigenvalue weighted by molar-refractivity contribution is 0.0947. The molecule has 0 radical (unpaired) electrons. The molecule has 1 N–H and O–H groups in total. The van der Waals surface area contributed by atoms with Gasteiger partial charge in [-0.1, -0.05) is 0 Å². The minimum atomic E-state index is -0.153. The number of piperazine rings is 1. The zero-order chi connectivity index (χ0) is 19.0. The Balaban J connectivity index is 1.56. The van der Waals surface area contributed by atoms with E-state index in [0.29, 0.717) is 12.1 Å². The molecule has 1 fully saturated rings. The van der Waals surface area contributed by atoms with Crippen molar-refractivity contribution < 1.29 is 9.21 Å². The SMILES string of the molecule is Cc1ccc(CNC(=O)c2ccc3nnc(C4CN(C)CCN4C)n3c2)o1. The Morgan fingerprint density at radius 3 is 2.85 bits per heavy atom. The molecule has 0 bridgehead atoms. The molecule has 1 amide bonds. The van der Waals surface area contributed by atoms with E-state index >= 15 is 0 Å². The summed E-state index contributed by atoms with van der Waals surface area (Å²) in [4.78, 5) is 17.1. The van der Waals surface area contributed by atoms with Crippen molar-refractivity contribution in [3.8, 4) is 0 Å². The highest BCUT2D eigenvalue weighted by molar-refractivity contribution is 5.94. The van der Waals surface area contributed by atoms with Crippen molar-refractivity contribution in [2.75, 3.05) is 33.7 Å². The van der Waals surface area contributed by atoms with Crippen LogP contribution in [0.5, 0.6) is 0 Å². The molecule has 0 aromatic carbocycles. The molecule has 3 aromatic rings. The van der Waals surface area contributed by atoms with Crippen LogP contribution >= 0.6 is 0 Å². The fourth-order valence-corrected chi connectivity index (χ4v) is 3.41. The Labute approximate surface area is 157 Å². The Hall–Kier alpha value is -2.71. The Kier molecular flexibility index (Phi) is 4.67. The molecule has 8 nitrogen and oxygen atoms in total. The number of aryl methyl sites for hydroxylation is 1. The van der Waals surface area contributed by atoms with Gasteiger partial charge in [-0.25, -0.2) is 0 Å². The fraction of sp³-hybridized carbons (Fsp3) is 0.421. The molecular weight excluding hydrogens is 344 g/mol. The number of pyridine rings is 1. The lowest BCUT2D eigenvalue weighted by atomic mass is 10.1. The van der Waals surface area contributed by atoms with Crippen LogP contribution in [0.3, 0.4) is 0 Å². The number of carbonyl (C=O) groups excluding carboxylic acids is 1. The topological polar surface area (TPSA) is 78.9 Å². The molecular formula is C19H24N6O2. The van der Waals surface area contributed by atoms with Gasteiger partial charge in [0.25, 0.3) is 5.91 Å². The van der Waals surface area contributed by atoms with Gasteiger partial charge in [-0.05, 0) is 45.3 Å². The van der Waals surface area contributed by atoms with Gasteiger partial charge in [0.05, 0.1) is 18.2 Å². The van der Waals surface area contributed by atoms with Crippen molar-refractivity contribution in [2.45, 2.75) is 19.5 Å². The fourth-order valence-electron chi connectivity index (χ4n) is 3.41. The first-order chi connectivity index (χ1) is 13.0. The summed E-state index contributed by atoms with van der Waals surface area (Å²) in [7, 11) is 4.21. The van der Waals surface area contributed by atoms with Gasteiger partial charge in [0, 0.05) is 25.8 Å². The third kappa shape index (κ3) is 3.58. The van der Waals surface area contributed by atoms with Crippen molar-refractivity contribution >= 4 is 11.6 Å². The van der Waals surface area contributed by atoms with E-state index < -0.39 is 0 Å². The summed E-state index contributed by atoms with van der Waals surface area (Å²) in [6.07, 6.45) is 1.82. The summed E-state index contributed by atoms with van der Waals surface area (Å²) in [6, 6.07) is 7.49. The summed E-state index contributed by atoms with van der Waals surface area (Å²) < 4.78 is 7.42. The molecule has 3 aromatic heterocycles. The number of nitrogens with zero attached hydrogens (tertiary/aromatic N) is 5. The molecule has 4 heterocycles. The number of hydrogen-bond donors (Lipinski definition) is 1. The zero-order valence-electron chi connectivity index (χ0n) is 15.8. The molecule has 0 saturated carbocycles. The van der Waals surface area contributed by atoms with Crippen LogP contribution < -0.4 is 5.32 Å². The first-order valence-corrected chi connectivity index (χ1v) is 9.08. The van der Waals surface area contributed by atoms with Crippen LogP contribution in [0.4, 0.5) is 0 Å². The number of hydrogen-bond acceptors (Lipinski definition) is 6. The van der Waals surface area contributed by atoms with Gasteiger partial charge in [-0.3, -0.25) is 14.1 Å². The van der Waals surface area contributed by atoms with E-state index in [0.717, 1.165) is 42.6 Å². The first-order valence-electron chi connectivity index (χ1n) is 9.08. The summed E-state index contributed by atoms with van der Waals surface area (Å²) in [5.41, 5.74) is 1.31. The predicted molar refractivity (Wildman–Crippen MR) is 100 cm³/mol. The molecule has 4 rings (SSSR count). The largest absolute Gasteiger partial charge is 0.465 e. The number of amides is 1. The number of carbonyl (C=O) groups is 1. The van der Waals surface area contributed by atoms with Gasteiger partial charge < -0.3 is 14.6 Å². The van der Waals surface area contributed by atoms with Crippen LogP contribution in [0.15, 0.2) is 34.9 Å². The summed E-state index contributed by atoms with van der Waals surface area (Å²) in [5, 5.41) is 11.6. The average molecular weight is 368 g/mol. The van der Waals surface area contributed by atoms with Gasteiger partial charge in [0.2, 0.25) is 0 Å². The number of likely N-dealkylation sites (N-methyl/N-ethyl adjacent to an activating group) is 2. The predicted octanol–water partition coefficient (Wildman–Crippen LogP) is 1.48. The highest BCUT2D eigenvalue weighted by Gasteiger charge is 2.28. The number of furan rings is 1. The minimum Gasteiger partial charge on any atom is -0.465 e. The maximum atomic E-state index is 12.6. The third-order valence-corrected chi connectivity index (χ3v) is 5.06. The van der Waals surface area contributed by atoms with Gasteiger partial charge in [0.15, 0.2) is 11.5 Å². The van der Waals surface area contributed by atoms with Crippen molar-refractivity contribution in [3.05, 3.63) is 53.4 Å². The highest BCUT2D eigenvalue weighted by atomic mass is 16.3. The maximum Gasteiger partial charge on any atom is 0.253 e. The highest BCUT2D eigenvalue weighted by Crippen LogP contribution is 2.22. The van der Waals surface area contributed by atoms with Gasteiger partial charge in [0.1, 0.15) is 11.5 Å². The second-order valence-electron chi connectivity index (χ2n) is 7.16. The quantitative estimate of drug-likeness (QED) is 0.752. The monoisotopic (exact) mass is 368 g/mol. The van der Waals surface area contributed by atoms with Crippen LogP contribution in [0.1, 0.15) is 33.7 Å². The molecule has 0 spiro atoms. The maximum absolute atomic E-state index is 12.6. The number of fused-ring (bicyclic) bond motifs is 1. The van der Waals surface area contributed by atoms with Crippen molar-refractivity contribution in [3.63, 3.8) is 0 Å². The molecule has 1 unspecified atom stereocenters. The normalized spacial score (nSPS) is 18.9. The summed E-state index contributed by atoms with van der Waals surface area (Å²) in [5.74, 6) is 2.27. The van der Waals surface area contributed by atoms with Crippen LogP contribution in [0.2, 0.25) is 0 Å². The second-order valence-corrected chi connectivity index (χ2v) is 7.16. The third-order valence-electron chi connectivity index (χ3n) is 5.06. The minimum absolute atomic E-state index is 0.142. The molecule has 27 heavy (non-hydrogen) atoms. The van der Waals surface area contributed by atoms with E-state index in [9.17, 15) is 4.79 Å². The average Bonchev–Trinajstić information content (AvgIpc) is 3.27. The molecule has 142 valence electrons. The molecule has 1 aliphatic rings. The van der Waals surface area contributed by atoms with Crippen molar-refractivity contribution in [1.82, 2.24) is 29.7 Å². The standard InChI is InChI=1S/C19H24N6O2/c1-13-4-6-15(27-13)10-20-19(26)14-5-7-17-21-22-18(25(17)11-14)16-12-23(2)8-9-24(16)3/h4-7,11,16H,8-10,12H2,1-3H3,(H,20,26). The number of nitrogens with one attached hydrogen (secondary N) is 1. The summed E-state index contributed by atoms with van der Waals surface area (Å²) >= 11 is 0. The number of rotatable bonds is 4. The van der Waals surface area contributed by atoms with E-state index in [-0.39, 0.29) is 11.9 Å². The molecule has 8 heteroatoms. The molecule has 1 saturated heterocycles. The van der Waals surface area contributed by atoms with E-state index in [2.05, 4.69) is 39.4 Å². The molecule has 1 atom stereocenters. The molecule has 0 aliphatic carbocycles. The smallest absolute Gasteiger partial charge is 0.253 e. The Bertz CT molecular complexity index is 962. The van der Waals surface area contributed by atoms with E-state index in [4.69, 9.17) is 4.42 Å². The van der Waals surface area contributed by atoms with Crippen molar-refractivity contribution in [2.24, 2.45) is 0 Å². The Morgan fingerprint density at radius 2 is 2.07 bits per heavy atom. The summed E-state index contributed by atoms with van der Waals surface area (Å²) in [6.45, 7) is 5.12. The van der Waals surface area contributed by atoms with Crippen LogP contribution in [0, 0.1) is 6.92 Å². The van der Waals surface area contributed by atoms with Gasteiger partial charge >= 0.3 is 0 Å².